The summed E-state index contributed by atoms with van der Waals surface area (Å²) >= 11 is 1.68. The molecule has 0 unspecified atom stereocenters. The molecule has 0 atom stereocenters. The van der Waals surface area contributed by atoms with Crippen LogP contribution in [0.3, 0.4) is 0 Å². The summed E-state index contributed by atoms with van der Waals surface area (Å²) in [6.07, 6.45) is 0.798. The van der Waals surface area contributed by atoms with Gasteiger partial charge in [-0.2, -0.15) is 11.8 Å². The number of anilines is 1. The molecule has 2 amide bonds. The van der Waals surface area contributed by atoms with Crippen molar-refractivity contribution in [3.63, 3.8) is 0 Å². The standard InChI is InChI=1S/C20H20N2O4S/c23-17(21-16-4-2-1-3-5-16)14-6-8-15(9-7-14)18(24)22-20(19(25)26)10-12-27-13-11-20/h1-9H,10-13H2,(H,21,23)(H,22,24)(H,25,26). The van der Waals surface area contributed by atoms with Crippen molar-refractivity contribution in [2.75, 3.05) is 16.8 Å². The largest absolute Gasteiger partial charge is 0.480 e. The van der Waals surface area contributed by atoms with Gasteiger partial charge in [-0.3, -0.25) is 9.59 Å². The number of amides is 2. The van der Waals surface area contributed by atoms with Crippen LogP contribution < -0.4 is 10.6 Å². The molecule has 1 heterocycles. The third kappa shape index (κ3) is 4.49. The van der Waals surface area contributed by atoms with Gasteiger partial charge in [-0.25, -0.2) is 4.79 Å². The number of rotatable bonds is 5. The topological polar surface area (TPSA) is 95.5 Å². The Bertz CT molecular complexity index is 831. The Morgan fingerprint density at radius 1 is 0.852 bits per heavy atom. The summed E-state index contributed by atoms with van der Waals surface area (Å²) in [4.78, 5) is 36.5. The second kappa shape index (κ2) is 8.26. The van der Waals surface area contributed by atoms with Gasteiger partial charge in [0.1, 0.15) is 5.54 Å². The number of thioether (sulfide) groups is 1. The molecule has 0 spiro atoms. The number of carboxylic acids is 1. The van der Waals surface area contributed by atoms with Crippen molar-refractivity contribution in [2.24, 2.45) is 0 Å². The smallest absolute Gasteiger partial charge is 0.329 e. The summed E-state index contributed by atoms with van der Waals surface area (Å²) in [5, 5.41) is 15.0. The van der Waals surface area contributed by atoms with E-state index in [1.807, 2.05) is 18.2 Å². The fraction of sp³-hybridized carbons (Fsp3) is 0.250. The molecule has 1 aliphatic rings. The third-order valence-corrected chi connectivity index (χ3v) is 5.54. The summed E-state index contributed by atoms with van der Waals surface area (Å²) < 4.78 is 0. The molecule has 0 aliphatic carbocycles. The Morgan fingerprint density at radius 3 is 1.96 bits per heavy atom. The molecule has 2 aromatic rings. The molecule has 2 aromatic carbocycles. The summed E-state index contributed by atoms with van der Waals surface area (Å²) in [7, 11) is 0. The second-order valence-corrected chi connectivity index (χ2v) is 7.58. The predicted octanol–water partition coefficient (Wildman–Crippen LogP) is 3.02. The lowest BCUT2D eigenvalue weighted by Crippen LogP contribution is -2.56. The quantitative estimate of drug-likeness (QED) is 0.736. The Balaban J connectivity index is 1.68. The lowest BCUT2D eigenvalue weighted by Gasteiger charge is -2.33. The van der Waals surface area contributed by atoms with Gasteiger partial charge in [-0.05, 0) is 60.7 Å². The monoisotopic (exact) mass is 384 g/mol. The first kappa shape index (κ1) is 19.0. The van der Waals surface area contributed by atoms with Gasteiger partial charge < -0.3 is 15.7 Å². The van der Waals surface area contributed by atoms with E-state index >= 15 is 0 Å². The lowest BCUT2D eigenvalue weighted by atomic mass is 9.91. The van der Waals surface area contributed by atoms with Gasteiger partial charge in [0, 0.05) is 16.8 Å². The van der Waals surface area contributed by atoms with Crippen molar-refractivity contribution in [3.8, 4) is 0 Å². The van der Waals surface area contributed by atoms with Gasteiger partial charge in [0.15, 0.2) is 0 Å². The second-order valence-electron chi connectivity index (χ2n) is 6.35. The number of carbonyl (C=O) groups is 3. The molecule has 1 aliphatic heterocycles. The summed E-state index contributed by atoms with van der Waals surface area (Å²) in [6.45, 7) is 0. The van der Waals surface area contributed by atoms with Gasteiger partial charge in [-0.1, -0.05) is 18.2 Å². The molecular weight excluding hydrogens is 364 g/mol. The number of aliphatic carboxylic acids is 1. The number of carboxylic acid groups (broad SMARTS) is 1. The van der Waals surface area contributed by atoms with Crippen LogP contribution >= 0.6 is 11.8 Å². The van der Waals surface area contributed by atoms with Crippen molar-refractivity contribution < 1.29 is 19.5 Å². The number of nitrogens with one attached hydrogen (secondary N) is 2. The highest BCUT2D eigenvalue weighted by molar-refractivity contribution is 7.99. The molecule has 3 N–H and O–H groups in total. The number of carbonyl (C=O) groups excluding carboxylic acids is 2. The average molecular weight is 384 g/mol. The molecule has 27 heavy (non-hydrogen) atoms. The molecule has 0 radical (unpaired) electrons. The van der Waals surface area contributed by atoms with E-state index in [1.54, 1.807) is 36.0 Å². The number of para-hydroxylation sites is 1. The SMILES string of the molecule is O=C(Nc1ccccc1)c1ccc(C(=O)NC2(C(=O)O)CCSCC2)cc1. The minimum absolute atomic E-state index is 0.278. The minimum atomic E-state index is -1.22. The fourth-order valence-corrected chi connectivity index (χ4v) is 4.09. The summed E-state index contributed by atoms with van der Waals surface area (Å²) in [6, 6.07) is 15.2. The van der Waals surface area contributed by atoms with Crippen LogP contribution in [0.25, 0.3) is 0 Å². The third-order valence-electron chi connectivity index (χ3n) is 4.55. The molecular formula is C20H20N2O4S. The van der Waals surface area contributed by atoms with Gasteiger partial charge in [0.25, 0.3) is 11.8 Å². The molecule has 1 fully saturated rings. The van der Waals surface area contributed by atoms with Gasteiger partial charge >= 0.3 is 5.97 Å². The van der Waals surface area contributed by atoms with E-state index in [2.05, 4.69) is 10.6 Å². The highest BCUT2D eigenvalue weighted by Gasteiger charge is 2.41. The first-order valence-electron chi connectivity index (χ1n) is 8.60. The van der Waals surface area contributed by atoms with E-state index in [-0.39, 0.29) is 5.91 Å². The molecule has 0 aromatic heterocycles. The van der Waals surface area contributed by atoms with Gasteiger partial charge in [0.05, 0.1) is 0 Å². The van der Waals surface area contributed by atoms with E-state index < -0.39 is 17.4 Å². The zero-order chi connectivity index (χ0) is 19.3. The molecule has 0 bridgehead atoms. The highest BCUT2D eigenvalue weighted by atomic mass is 32.2. The Hall–Kier alpha value is -2.80. The van der Waals surface area contributed by atoms with E-state index in [4.69, 9.17) is 0 Å². The van der Waals surface area contributed by atoms with E-state index in [0.29, 0.717) is 41.2 Å². The van der Waals surface area contributed by atoms with Gasteiger partial charge in [-0.15, -0.1) is 0 Å². The van der Waals surface area contributed by atoms with Crippen LogP contribution in [-0.4, -0.2) is 39.9 Å². The highest BCUT2D eigenvalue weighted by Crippen LogP contribution is 2.27. The van der Waals surface area contributed by atoms with E-state index in [0.717, 1.165) is 0 Å². The number of hydrogen-bond donors (Lipinski definition) is 3. The normalized spacial score (nSPS) is 15.6. The molecule has 0 saturated carbocycles. The minimum Gasteiger partial charge on any atom is -0.480 e. The molecule has 3 rings (SSSR count). The zero-order valence-electron chi connectivity index (χ0n) is 14.6. The van der Waals surface area contributed by atoms with Crippen LogP contribution in [0.4, 0.5) is 5.69 Å². The van der Waals surface area contributed by atoms with E-state index in [1.165, 1.54) is 12.1 Å². The molecule has 6 nitrogen and oxygen atoms in total. The van der Waals surface area contributed by atoms with Gasteiger partial charge in [0.2, 0.25) is 0 Å². The Kier molecular flexibility index (Phi) is 5.81. The van der Waals surface area contributed by atoms with Crippen molar-refractivity contribution in [2.45, 2.75) is 18.4 Å². The van der Waals surface area contributed by atoms with Crippen molar-refractivity contribution in [1.82, 2.24) is 5.32 Å². The van der Waals surface area contributed by atoms with Crippen LogP contribution in [-0.2, 0) is 4.79 Å². The predicted molar refractivity (Wildman–Crippen MR) is 105 cm³/mol. The van der Waals surface area contributed by atoms with Crippen molar-refractivity contribution in [1.29, 1.82) is 0 Å². The maximum atomic E-state index is 12.5. The van der Waals surface area contributed by atoms with Crippen LogP contribution in [0.1, 0.15) is 33.6 Å². The Labute approximate surface area is 161 Å². The average Bonchev–Trinajstić information content (AvgIpc) is 2.69. The zero-order valence-corrected chi connectivity index (χ0v) is 15.4. The van der Waals surface area contributed by atoms with Crippen LogP contribution in [0.2, 0.25) is 0 Å². The first-order valence-corrected chi connectivity index (χ1v) is 9.76. The lowest BCUT2D eigenvalue weighted by molar-refractivity contribution is -0.144. The van der Waals surface area contributed by atoms with Crippen molar-refractivity contribution >= 4 is 35.2 Å². The van der Waals surface area contributed by atoms with E-state index in [9.17, 15) is 19.5 Å². The maximum absolute atomic E-state index is 12.5. The summed E-state index contributed by atoms with van der Waals surface area (Å²) in [5.74, 6) is -0.329. The number of benzene rings is 2. The molecule has 1 saturated heterocycles. The Morgan fingerprint density at radius 2 is 1.41 bits per heavy atom. The molecule has 7 heteroatoms. The van der Waals surface area contributed by atoms with Crippen LogP contribution in [0.15, 0.2) is 54.6 Å². The first-order chi connectivity index (χ1) is 13.0. The van der Waals surface area contributed by atoms with Crippen LogP contribution in [0, 0.1) is 0 Å². The maximum Gasteiger partial charge on any atom is 0.329 e. The fourth-order valence-electron chi connectivity index (χ4n) is 2.90. The summed E-state index contributed by atoms with van der Waals surface area (Å²) in [5.41, 5.74) is 0.205. The van der Waals surface area contributed by atoms with Crippen molar-refractivity contribution in [3.05, 3.63) is 65.7 Å². The van der Waals surface area contributed by atoms with Crippen LogP contribution in [0.5, 0.6) is 0 Å². The molecule has 140 valence electrons. The number of hydrogen-bond acceptors (Lipinski definition) is 4.